The first-order valence-electron chi connectivity index (χ1n) is 10.9. The largest absolute Gasteiger partial charge is 0.553 e. The number of rotatable bonds is 7. The standard InChI is InChI=1S/C21H28BCl2N3O7/c1-11(2)6-17(22-33-20(30)15-9-32-10-16(27(15)3)21(31)34-22)26-18(28)8-25-19(29)13-7-12(23)4-5-14(13)24/h4-5,7,11,15-17,20,30H,6,8-10H2,1-3H3,(H,25,29)(H,26,28)/t15-,16+,17+,20?/m1/s1. The van der Waals surface area contributed by atoms with Crippen molar-refractivity contribution in [2.45, 2.75) is 44.6 Å². The second-order valence-corrected chi connectivity index (χ2v) is 9.57. The van der Waals surface area contributed by atoms with Crippen LogP contribution in [0.5, 0.6) is 0 Å². The average Bonchev–Trinajstić information content (AvgIpc) is 2.77. The Bertz CT molecular complexity index is 922. The Morgan fingerprint density at radius 2 is 2.03 bits per heavy atom. The van der Waals surface area contributed by atoms with Crippen molar-refractivity contribution in [3.8, 4) is 0 Å². The second kappa shape index (κ2) is 11.7. The summed E-state index contributed by atoms with van der Waals surface area (Å²) in [6.07, 6.45) is -0.909. The minimum absolute atomic E-state index is 0.0977. The van der Waals surface area contributed by atoms with Crippen LogP contribution in [0, 0.1) is 5.92 Å². The molecule has 0 spiro atoms. The quantitative estimate of drug-likeness (QED) is 0.456. The van der Waals surface area contributed by atoms with Crippen LogP contribution in [0.25, 0.3) is 0 Å². The first kappa shape index (κ1) is 26.7. The van der Waals surface area contributed by atoms with Crippen molar-refractivity contribution >= 4 is 48.1 Å². The second-order valence-electron chi connectivity index (χ2n) is 8.73. The molecule has 13 heteroatoms. The van der Waals surface area contributed by atoms with E-state index in [1.165, 1.54) is 12.1 Å². The molecule has 3 rings (SSSR count). The van der Waals surface area contributed by atoms with E-state index >= 15 is 0 Å². The van der Waals surface area contributed by atoms with Gasteiger partial charge in [0.1, 0.15) is 6.04 Å². The summed E-state index contributed by atoms with van der Waals surface area (Å²) in [6, 6.07) is 3.18. The molecular weight excluding hydrogens is 488 g/mol. The molecule has 3 N–H and O–H groups in total. The molecule has 0 radical (unpaired) electrons. The van der Waals surface area contributed by atoms with Crippen molar-refractivity contribution in [1.29, 1.82) is 0 Å². The molecule has 34 heavy (non-hydrogen) atoms. The van der Waals surface area contributed by atoms with Gasteiger partial charge in [0, 0.05) is 5.02 Å². The van der Waals surface area contributed by atoms with Gasteiger partial charge in [0.15, 0.2) is 6.29 Å². The lowest BCUT2D eigenvalue weighted by Crippen LogP contribution is -2.64. The highest BCUT2D eigenvalue weighted by molar-refractivity contribution is 6.49. The highest BCUT2D eigenvalue weighted by Crippen LogP contribution is 2.23. The predicted octanol–water partition coefficient (Wildman–Crippen LogP) is 0.872. The number of aliphatic hydroxyl groups excluding tert-OH is 1. The van der Waals surface area contributed by atoms with Gasteiger partial charge >= 0.3 is 13.1 Å². The molecule has 1 unspecified atom stereocenters. The van der Waals surface area contributed by atoms with Gasteiger partial charge in [0.05, 0.1) is 42.3 Å². The number of carbonyl (C=O) groups is 3. The van der Waals surface area contributed by atoms with Crippen molar-refractivity contribution in [2.24, 2.45) is 5.92 Å². The number of aliphatic hydroxyl groups is 1. The Morgan fingerprint density at radius 1 is 1.29 bits per heavy atom. The van der Waals surface area contributed by atoms with Gasteiger partial charge in [-0.15, -0.1) is 0 Å². The zero-order valence-electron chi connectivity index (χ0n) is 19.1. The van der Waals surface area contributed by atoms with Crippen molar-refractivity contribution < 1.29 is 33.5 Å². The third kappa shape index (κ3) is 6.62. The molecule has 2 aliphatic rings. The maximum atomic E-state index is 12.7. The van der Waals surface area contributed by atoms with Gasteiger partial charge < -0.3 is 29.8 Å². The molecule has 10 nitrogen and oxygen atoms in total. The maximum absolute atomic E-state index is 12.7. The normalized spacial score (nSPS) is 24.1. The summed E-state index contributed by atoms with van der Waals surface area (Å²) in [6.45, 7) is 3.82. The predicted molar refractivity (Wildman–Crippen MR) is 125 cm³/mol. The third-order valence-electron chi connectivity index (χ3n) is 5.67. The fraction of sp³-hybridized carbons (Fsp3) is 0.571. The van der Waals surface area contributed by atoms with Crippen molar-refractivity contribution in [3.05, 3.63) is 33.8 Å². The fourth-order valence-corrected chi connectivity index (χ4v) is 4.22. The van der Waals surface area contributed by atoms with E-state index in [4.69, 9.17) is 37.2 Å². The number of morpholine rings is 1. The molecule has 2 aliphatic heterocycles. The van der Waals surface area contributed by atoms with Crippen molar-refractivity contribution in [3.63, 3.8) is 0 Å². The smallest absolute Gasteiger partial charge is 0.507 e. The Kier molecular flexibility index (Phi) is 9.19. The zero-order chi connectivity index (χ0) is 25.0. The van der Waals surface area contributed by atoms with Crippen LogP contribution >= 0.6 is 23.2 Å². The summed E-state index contributed by atoms with van der Waals surface area (Å²) in [7, 11) is 0.470. The van der Waals surface area contributed by atoms with E-state index < -0.39 is 49.2 Å². The lowest BCUT2D eigenvalue weighted by molar-refractivity contribution is -0.182. The van der Waals surface area contributed by atoms with Gasteiger partial charge in [-0.3, -0.25) is 19.3 Å². The lowest BCUT2D eigenvalue weighted by atomic mass is 9.73. The fourth-order valence-electron chi connectivity index (χ4n) is 3.84. The molecule has 2 bridgehead atoms. The minimum atomic E-state index is -1.30. The number of fused-ring (bicyclic) bond motifs is 2. The molecule has 1 aromatic rings. The summed E-state index contributed by atoms with van der Waals surface area (Å²) < 4.78 is 16.6. The molecule has 4 atom stereocenters. The van der Waals surface area contributed by atoms with Crippen LogP contribution < -0.4 is 10.6 Å². The third-order valence-corrected chi connectivity index (χ3v) is 6.23. The van der Waals surface area contributed by atoms with Gasteiger partial charge in [-0.2, -0.15) is 0 Å². The Hall–Kier alpha value is -1.89. The molecule has 2 heterocycles. The number of ether oxygens (including phenoxy) is 1. The molecule has 2 saturated heterocycles. The number of carbonyl (C=O) groups excluding carboxylic acids is 3. The van der Waals surface area contributed by atoms with Gasteiger partial charge in [-0.1, -0.05) is 37.0 Å². The number of benzene rings is 1. The van der Waals surface area contributed by atoms with Crippen molar-refractivity contribution in [2.75, 3.05) is 26.8 Å². The summed E-state index contributed by atoms with van der Waals surface area (Å²) in [4.78, 5) is 39.5. The van der Waals surface area contributed by atoms with E-state index in [9.17, 15) is 19.5 Å². The van der Waals surface area contributed by atoms with Gasteiger partial charge in [-0.25, -0.2) is 0 Å². The SMILES string of the molecule is CC(C)C[C@H](NC(=O)CNC(=O)c1cc(Cl)ccc1Cl)B1OC(=O)[C@@H]2COC[C@H](C(O)O1)N2C. The van der Waals surface area contributed by atoms with Crippen LogP contribution in [0.15, 0.2) is 18.2 Å². The number of hydrogen-bond acceptors (Lipinski definition) is 8. The van der Waals surface area contributed by atoms with Gasteiger partial charge in [0.25, 0.3) is 5.91 Å². The number of amides is 2. The van der Waals surface area contributed by atoms with E-state index in [-0.39, 0.29) is 36.3 Å². The van der Waals surface area contributed by atoms with Crippen LogP contribution in [0.3, 0.4) is 0 Å². The van der Waals surface area contributed by atoms with Gasteiger partial charge in [-0.05, 0) is 37.6 Å². The van der Waals surface area contributed by atoms with E-state index in [0.29, 0.717) is 11.4 Å². The van der Waals surface area contributed by atoms with Crippen molar-refractivity contribution in [1.82, 2.24) is 15.5 Å². The summed E-state index contributed by atoms with van der Waals surface area (Å²) in [5.74, 6) is -2.34. The van der Waals surface area contributed by atoms with E-state index in [1.807, 2.05) is 13.8 Å². The maximum Gasteiger partial charge on any atom is 0.553 e. The van der Waals surface area contributed by atoms with E-state index in [2.05, 4.69) is 10.6 Å². The Labute approximate surface area is 208 Å². The van der Waals surface area contributed by atoms with Crippen LogP contribution in [-0.4, -0.2) is 86.0 Å². The summed E-state index contributed by atoms with van der Waals surface area (Å²) >= 11 is 12.0. The monoisotopic (exact) mass is 515 g/mol. The number of halogens is 2. The summed E-state index contributed by atoms with van der Waals surface area (Å²) in [5.41, 5.74) is 0.138. The van der Waals surface area contributed by atoms with Crippen LogP contribution in [-0.2, 0) is 23.6 Å². The molecule has 0 saturated carbocycles. The molecule has 0 aliphatic carbocycles. The lowest BCUT2D eigenvalue weighted by Gasteiger charge is -2.43. The van der Waals surface area contributed by atoms with Crippen LogP contribution in [0.4, 0.5) is 0 Å². The topological polar surface area (TPSA) is 126 Å². The molecule has 0 aromatic heterocycles. The zero-order valence-corrected chi connectivity index (χ0v) is 20.6. The Balaban J connectivity index is 1.67. The molecule has 1 aromatic carbocycles. The van der Waals surface area contributed by atoms with Crippen LogP contribution in [0.2, 0.25) is 10.0 Å². The first-order chi connectivity index (χ1) is 16.1. The van der Waals surface area contributed by atoms with E-state index in [0.717, 1.165) is 0 Å². The molecule has 186 valence electrons. The molecular formula is C21H28BCl2N3O7. The molecule has 2 amide bonds. The highest BCUT2D eigenvalue weighted by Gasteiger charge is 2.47. The number of likely N-dealkylation sites (N-methyl/N-ethyl adjacent to an activating group) is 1. The first-order valence-corrected chi connectivity index (χ1v) is 11.7. The molecule has 2 fully saturated rings. The Morgan fingerprint density at radius 3 is 2.74 bits per heavy atom. The average molecular weight is 516 g/mol. The van der Waals surface area contributed by atoms with Crippen LogP contribution in [0.1, 0.15) is 30.6 Å². The number of hydrogen-bond donors (Lipinski definition) is 3. The number of nitrogens with one attached hydrogen (secondary N) is 2. The number of nitrogens with zero attached hydrogens (tertiary/aromatic N) is 1. The minimum Gasteiger partial charge on any atom is -0.507 e. The highest BCUT2D eigenvalue weighted by atomic mass is 35.5. The van der Waals surface area contributed by atoms with Gasteiger partial charge in [0.2, 0.25) is 5.91 Å². The van der Waals surface area contributed by atoms with E-state index in [1.54, 1.807) is 18.0 Å². The summed E-state index contributed by atoms with van der Waals surface area (Å²) in [5, 5.41) is 16.4.